The number of hydrogen-bond donors (Lipinski definition) is 2. The van der Waals surface area contributed by atoms with Crippen LogP contribution in [0.1, 0.15) is 13.3 Å². The van der Waals surface area contributed by atoms with Gasteiger partial charge in [-0.3, -0.25) is 4.99 Å². The molecule has 1 fully saturated rings. The van der Waals surface area contributed by atoms with Gasteiger partial charge in [-0.2, -0.15) is 0 Å². The fraction of sp³-hybridized carbons (Fsp3) is 0.929. The molecule has 23 heavy (non-hydrogen) atoms. The molecular weight excluding hydrogens is 320 g/mol. The fourth-order valence-electron chi connectivity index (χ4n) is 2.37. The SMILES string of the molecule is CCS(=O)(=O)NCCNC(=NC)N1CCC(COCCOC)C1. The summed E-state index contributed by atoms with van der Waals surface area (Å²) >= 11 is 0. The maximum Gasteiger partial charge on any atom is 0.211 e. The van der Waals surface area contributed by atoms with Crippen LogP contribution in [0.4, 0.5) is 0 Å². The number of aliphatic imine (C=N–C) groups is 1. The van der Waals surface area contributed by atoms with E-state index in [1.807, 2.05) is 0 Å². The molecule has 1 aliphatic heterocycles. The highest BCUT2D eigenvalue weighted by Gasteiger charge is 2.24. The third kappa shape index (κ3) is 7.96. The number of likely N-dealkylation sites (tertiary alicyclic amines) is 1. The number of sulfonamides is 1. The van der Waals surface area contributed by atoms with Crippen LogP contribution < -0.4 is 10.0 Å². The van der Waals surface area contributed by atoms with Crippen molar-refractivity contribution in [3.05, 3.63) is 0 Å². The highest BCUT2D eigenvalue weighted by atomic mass is 32.2. The van der Waals surface area contributed by atoms with Crippen LogP contribution in [0.25, 0.3) is 0 Å². The van der Waals surface area contributed by atoms with Crippen molar-refractivity contribution in [2.75, 3.05) is 65.9 Å². The Morgan fingerprint density at radius 2 is 2.13 bits per heavy atom. The molecule has 0 aromatic heterocycles. The van der Waals surface area contributed by atoms with E-state index in [-0.39, 0.29) is 5.75 Å². The van der Waals surface area contributed by atoms with Crippen LogP contribution >= 0.6 is 0 Å². The van der Waals surface area contributed by atoms with Crippen molar-refractivity contribution in [2.24, 2.45) is 10.9 Å². The van der Waals surface area contributed by atoms with Crippen molar-refractivity contribution in [3.8, 4) is 0 Å². The van der Waals surface area contributed by atoms with Gasteiger partial charge in [-0.05, 0) is 13.3 Å². The zero-order valence-electron chi connectivity index (χ0n) is 14.4. The minimum absolute atomic E-state index is 0.0958. The highest BCUT2D eigenvalue weighted by Crippen LogP contribution is 2.16. The molecule has 0 radical (unpaired) electrons. The van der Waals surface area contributed by atoms with E-state index in [0.717, 1.165) is 32.1 Å². The average Bonchev–Trinajstić information content (AvgIpc) is 3.00. The summed E-state index contributed by atoms with van der Waals surface area (Å²) in [5.41, 5.74) is 0. The maximum atomic E-state index is 11.4. The number of ether oxygens (including phenoxy) is 2. The Labute approximate surface area is 139 Å². The molecule has 0 bridgehead atoms. The van der Waals surface area contributed by atoms with Crippen LogP contribution in [0, 0.1) is 5.92 Å². The monoisotopic (exact) mass is 350 g/mol. The van der Waals surface area contributed by atoms with Gasteiger partial charge < -0.3 is 19.7 Å². The van der Waals surface area contributed by atoms with Crippen LogP contribution in [0.3, 0.4) is 0 Å². The molecular formula is C14H30N4O4S. The molecule has 8 nitrogen and oxygen atoms in total. The minimum atomic E-state index is -3.14. The first kappa shape index (κ1) is 20.1. The van der Waals surface area contributed by atoms with Gasteiger partial charge in [-0.15, -0.1) is 0 Å². The second-order valence-electron chi connectivity index (χ2n) is 5.44. The molecule has 0 aromatic rings. The summed E-state index contributed by atoms with van der Waals surface area (Å²) in [6, 6.07) is 0. The van der Waals surface area contributed by atoms with E-state index in [4.69, 9.17) is 9.47 Å². The van der Waals surface area contributed by atoms with Crippen LogP contribution in [0.15, 0.2) is 4.99 Å². The van der Waals surface area contributed by atoms with Gasteiger partial charge in [0, 0.05) is 46.3 Å². The van der Waals surface area contributed by atoms with E-state index in [2.05, 4.69) is 19.9 Å². The summed E-state index contributed by atoms with van der Waals surface area (Å²) in [5.74, 6) is 1.39. The Morgan fingerprint density at radius 1 is 1.35 bits per heavy atom. The van der Waals surface area contributed by atoms with Gasteiger partial charge in [0.15, 0.2) is 5.96 Å². The van der Waals surface area contributed by atoms with Crippen molar-refractivity contribution in [2.45, 2.75) is 13.3 Å². The number of hydrogen-bond acceptors (Lipinski definition) is 5. The molecule has 9 heteroatoms. The summed E-state index contributed by atoms with van der Waals surface area (Å²) in [4.78, 5) is 6.44. The molecule has 1 atom stereocenters. The Balaban J connectivity index is 2.25. The van der Waals surface area contributed by atoms with E-state index in [1.54, 1.807) is 21.1 Å². The number of rotatable bonds is 10. The Kier molecular flexibility index (Phi) is 9.46. The summed E-state index contributed by atoms with van der Waals surface area (Å²) in [6.45, 7) is 6.28. The van der Waals surface area contributed by atoms with E-state index in [9.17, 15) is 8.42 Å². The van der Waals surface area contributed by atoms with Gasteiger partial charge in [-0.1, -0.05) is 0 Å². The van der Waals surface area contributed by atoms with E-state index in [1.165, 1.54) is 0 Å². The Hall–Kier alpha value is -0.900. The molecule has 0 saturated carbocycles. The second-order valence-corrected chi connectivity index (χ2v) is 7.54. The van der Waals surface area contributed by atoms with Crippen LogP contribution in [-0.2, 0) is 19.5 Å². The topological polar surface area (TPSA) is 92.3 Å². The normalized spacial score (nSPS) is 19.3. The first-order valence-corrected chi connectivity index (χ1v) is 9.67. The minimum Gasteiger partial charge on any atom is -0.382 e. The lowest BCUT2D eigenvalue weighted by Gasteiger charge is -2.21. The molecule has 1 aliphatic rings. The molecule has 1 saturated heterocycles. The third-order valence-corrected chi connectivity index (χ3v) is 5.10. The van der Waals surface area contributed by atoms with Gasteiger partial charge in [0.05, 0.1) is 25.6 Å². The summed E-state index contributed by atoms with van der Waals surface area (Å²) in [6.07, 6.45) is 1.07. The number of nitrogens with one attached hydrogen (secondary N) is 2. The Morgan fingerprint density at radius 3 is 2.78 bits per heavy atom. The van der Waals surface area contributed by atoms with E-state index in [0.29, 0.717) is 32.2 Å². The lowest BCUT2D eigenvalue weighted by atomic mass is 10.1. The zero-order valence-corrected chi connectivity index (χ0v) is 15.2. The molecule has 0 amide bonds. The second kappa shape index (κ2) is 10.8. The summed E-state index contributed by atoms with van der Waals surface area (Å²) in [7, 11) is 0.263. The zero-order chi connectivity index (χ0) is 17.1. The van der Waals surface area contributed by atoms with Crippen molar-refractivity contribution in [1.82, 2.24) is 14.9 Å². The van der Waals surface area contributed by atoms with Crippen LogP contribution in [-0.4, -0.2) is 85.2 Å². The standard InChI is InChI=1S/C14H30N4O4S/c1-4-23(19,20)17-7-6-16-14(15-2)18-8-5-13(11-18)12-22-10-9-21-3/h13,17H,4-12H2,1-3H3,(H,15,16). The van der Waals surface area contributed by atoms with Crippen LogP contribution in [0.2, 0.25) is 0 Å². The van der Waals surface area contributed by atoms with E-state index < -0.39 is 10.0 Å². The number of nitrogens with zero attached hydrogens (tertiary/aromatic N) is 2. The lowest BCUT2D eigenvalue weighted by molar-refractivity contribution is 0.0536. The number of guanidine groups is 1. The quantitative estimate of drug-likeness (QED) is 0.313. The van der Waals surface area contributed by atoms with E-state index >= 15 is 0 Å². The third-order valence-electron chi connectivity index (χ3n) is 3.69. The van der Waals surface area contributed by atoms with Crippen molar-refractivity contribution < 1.29 is 17.9 Å². The van der Waals surface area contributed by atoms with Gasteiger partial charge >= 0.3 is 0 Å². The predicted molar refractivity (Wildman–Crippen MR) is 91.2 cm³/mol. The van der Waals surface area contributed by atoms with Crippen molar-refractivity contribution in [3.63, 3.8) is 0 Å². The van der Waals surface area contributed by atoms with Gasteiger partial charge in [0.2, 0.25) is 10.0 Å². The smallest absolute Gasteiger partial charge is 0.211 e. The van der Waals surface area contributed by atoms with Crippen LogP contribution in [0.5, 0.6) is 0 Å². The molecule has 0 aliphatic carbocycles. The lowest BCUT2D eigenvalue weighted by Crippen LogP contribution is -2.43. The Bertz CT molecular complexity index is 456. The first-order chi connectivity index (χ1) is 11.0. The molecule has 1 unspecified atom stereocenters. The van der Waals surface area contributed by atoms with Gasteiger partial charge in [0.1, 0.15) is 0 Å². The predicted octanol–water partition coefficient (Wildman–Crippen LogP) is -0.514. The molecule has 0 aromatic carbocycles. The molecule has 1 rings (SSSR count). The van der Waals surface area contributed by atoms with Gasteiger partial charge in [0.25, 0.3) is 0 Å². The average molecular weight is 350 g/mol. The fourth-order valence-corrected chi connectivity index (χ4v) is 2.99. The van der Waals surface area contributed by atoms with Gasteiger partial charge in [-0.25, -0.2) is 13.1 Å². The molecule has 2 N–H and O–H groups in total. The maximum absolute atomic E-state index is 11.4. The molecule has 0 spiro atoms. The first-order valence-electron chi connectivity index (χ1n) is 8.02. The summed E-state index contributed by atoms with van der Waals surface area (Å²) < 4.78 is 35.8. The molecule has 1 heterocycles. The van der Waals surface area contributed by atoms with Crippen molar-refractivity contribution in [1.29, 1.82) is 0 Å². The largest absolute Gasteiger partial charge is 0.382 e. The van der Waals surface area contributed by atoms with Crippen molar-refractivity contribution >= 4 is 16.0 Å². The molecule has 136 valence electrons. The highest BCUT2D eigenvalue weighted by molar-refractivity contribution is 7.89. The number of methoxy groups -OCH3 is 1. The summed E-state index contributed by atoms with van der Waals surface area (Å²) in [5, 5.41) is 3.19.